The second-order valence-electron chi connectivity index (χ2n) is 4.45. The van der Waals surface area contributed by atoms with Crippen molar-refractivity contribution in [1.29, 1.82) is 0 Å². The number of nitrogens with zero attached hydrogens (tertiary/aromatic N) is 1. The Morgan fingerprint density at radius 2 is 1.69 bits per heavy atom. The van der Waals surface area contributed by atoms with Gasteiger partial charge in [-0.05, 0) is 45.3 Å². The zero-order chi connectivity index (χ0) is 8.93. The molecule has 0 aromatic heterocycles. The van der Waals surface area contributed by atoms with E-state index in [0.717, 1.165) is 6.04 Å². The quantitative estimate of drug-likeness (QED) is 0.663. The van der Waals surface area contributed by atoms with E-state index in [9.17, 15) is 0 Å². The predicted octanol–water partition coefficient (Wildman–Crippen LogP) is 1.61. The molecule has 0 aliphatic carbocycles. The fourth-order valence-corrected chi connectivity index (χ4v) is 2.61. The minimum atomic E-state index is 0.854. The highest BCUT2D eigenvalue weighted by atomic mass is 15.2. The van der Waals surface area contributed by atoms with Gasteiger partial charge in [-0.25, -0.2) is 0 Å². The van der Waals surface area contributed by atoms with Gasteiger partial charge in [0.05, 0.1) is 0 Å². The molecule has 1 atom stereocenters. The first-order valence-corrected chi connectivity index (χ1v) is 5.91. The van der Waals surface area contributed by atoms with E-state index in [2.05, 4.69) is 10.2 Å². The fraction of sp³-hybridized carbons (Fsp3) is 1.00. The van der Waals surface area contributed by atoms with Crippen molar-refractivity contribution in [2.45, 2.75) is 44.6 Å². The molecule has 0 aromatic rings. The lowest BCUT2D eigenvalue weighted by atomic mass is 10.1. The van der Waals surface area contributed by atoms with Gasteiger partial charge >= 0.3 is 0 Å². The van der Waals surface area contributed by atoms with Crippen LogP contribution in [-0.2, 0) is 0 Å². The summed E-state index contributed by atoms with van der Waals surface area (Å²) in [6.07, 6.45) is 8.56. The van der Waals surface area contributed by atoms with E-state index in [-0.39, 0.29) is 0 Å². The molecule has 0 bridgehead atoms. The molecular weight excluding hydrogens is 160 g/mol. The predicted molar refractivity (Wildman–Crippen MR) is 55.9 cm³/mol. The van der Waals surface area contributed by atoms with Crippen LogP contribution < -0.4 is 5.32 Å². The molecule has 0 radical (unpaired) electrons. The van der Waals surface area contributed by atoms with Crippen molar-refractivity contribution < 1.29 is 0 Å². The van der Waals surface area contributed by atoms with Crippen molar-refractivity contribution in [3.05, 3.63) is 0 Å². The van der Waals surface area contributed by atoms with Crippen LogP contribution in [0.2, 0.25) is 0 Å². The van der Waals surface area contributed by atoms with E-state index in [4.69, 9.17) is 0 Å². The van der Waals surface area contributed by atoms with Gasteiger partial charge in [0.15, 0.2) is 0 Å². The monoisotopic (exact) mass is 182 g/mol. The second-order valence-corrected chi connectivity index (χ2v) is 4.45. The van der Waals surface area contributed by atoms with Crippen LogP contribution in [0.1, 0.15) is 38.5 Å². The molecule has 2 saturated heterocycles. The lowest BCUT2D eigenvalue weighted by molar-refractivity contribution is 0.172. The number of nitrogens with one attached hydrogen (secondary N) is 1. The number of hydrogen-bond acceptors (Lipinski definition) is 2. The van der Waals surface area contributed by atoms with E-state index < -0.39 is 0 Å². The molecule has 2 aliphatic rings. The summed E-state index contributed by atoms with van der Waals surface area (Å²) in [5.74, 6) is 0. The van der Waals surface area contributed by atoms with Crippen LogP contribution in [-0.4, -0.2) is 37.1 Å². The lowest BCUT2D eigenvalue weighted by Crippen LogP contribution is -2.46. The molecule has 0 aromatic carbocycles. The van der Waals surface area contributed by atoms with Crippen LogP contribution in [0.25, 0.3) is 0 Å². The SMILES string of the molecule is C1CCCN([C@H]2CCCNC2)CC1. The Morgan fingerprint density at radius 3 is 2.31 bits per heavy atom. The van der Waals surface area contributed by atoms with Gasteiger partial charge in [-0.15, -0.1) is 0 Å². The van der Waals surface area contributed by atoms with E-state index in [1.165, 1.54) is 64.7 Å². The summed E-state index contributed by atoms with van der Waals surface area (Å²) >= 11 is 0. The Labute approximate surface area is 81.7 Å². The topological polar surface area (TPSA) is 15.3 Å². The van der Waals surface area contributed by atoms with Crippen LogP contribution in [0.4, 0.5) is 0 Å². The maximum Gasteiger partial charge on any atom is 0.0221 e. The summed E-state index contributed by atoms with van der Waals surface area (Å²) in [5, 5.41) is 3.51. The van der Waals surface area contributed by atoms with Crippen molar-refractivity contribution in [2.75, 3.05) is 26.2 Å². The van der Waals surface area contributed by atoms with Crippen molar-refractivity contribution in [3.8, 4) is 0 Å². The summed E-state index contributed by atoms with van der Waals surface area (Å²) in [6.45, 7) is 5.18. The Hall–Kier alpha value is -0.0800. The molecule has 76 valence electrons. The Morgan fingerprint density at radius 1 is 0.923 bits per heavy atom. The summed E-state index contributed by atoms with van der Waals surface area (Å²) in [6, 6.07) is 0.854. The zero-order valence-electron chi connectivity index (χ0n) is 8.60. The third-order valence-corrected chi connectivity index (χ3v) is 3.43. The third kappa shape index (κ3) is 2.68. The molecule has 2 heterocycles. The van der Waals surface area contributed by atoms with E-state index >= 15 is 0 Å². The summed E-state index contributed by atoms with van der Waals surface area (Å²) < 4.78 is 0. The van der Waals surface area contributed by atoms with Crippen molar-refractivity contribution in [2.24, 2.45) is 0 Å². The molecule has 2 heteroatoms. The van der Waals surface area contributed by atoms with Gasteiger partial charge in [0.25, 0.3) is 0 Å². The summed E-state index contributed by atoms with van der Waals surface area (Å²) in [7, 11) is 0. The normalized spacial score (nSPS) is 32.8. The molecule has 13 heavy (non-hydrogen) atoms. The Bertz CT molecular complexity index is 133. The Kier molecular flexibility index (Phi) is 3.62. The van der Waals surface area contributed by atoms with Gasteiger partial charge in [0.1, 0.15) is 0 Å². The first-order chi connectivity index (χ1) is 6.47. The minimum absolute atomic E-state index is 0.854. The summed E-state index contributed by atoms with van der Waals surface area (Å²) in [5.41, 5.74) is 0. The standard InChI is InChI=1S/C11H22N2/c1-2-4-9-13(8-3-1)11-6-5-7-12-10-11/h11-12H,1-10H2/t11-/m0/s1. The molecule has 1 N–H and O–H groups in total. The zero-order valence-corrected chi connectivity index (χ0v) is 8.60. The van der Waals surface area contributed by atoms with Crippen LogP contribution >= 0.6 is 0 Å². The van der Waals surface area contributed by atoms with Crippen molar-refractivity contribution in [1.82, 2.24) is 10.2 Å². The molecular formula is C11H22N2. The van der Waals surface area contributed by atoms with Gasteiger partial charge in [0.2, 0.25) is 0 Å². The average Bonchev–Trinajstić information content (AvgIpc) is 2.47. The largest absolute Gasteiger partial charge is 0.315 e. The number of rotatable bonds is 1. The highest BCUT2D eigenvalue weighted by molar-refractivity contribution is 4.79. The first kappa shape index (κ1) is 9.47. The van der Waals surface area contributed by atoms with Crippen LogP contribution in [0, 0.1) is 0 Å². The molecule has 0 saturated carbocycles. The first-order valence-electron chi connectivity index (χ1n) is 5.91. The number of hydrogen-bond donors (Lipinski definition) is 1. The third-order valence-electron chi connectivity index (χ3n) is 3.43. The van der Waals surface area contributed by atoms with Crippen molar-refractivity contribution >= 4 is 0 Å². The maximum absolute atomic E-state index is 3.51. The summed E-state index contributed by atoms with van der Waals surface area (Å²) in [4.78, 5) is 2.72. The van der Waals surface area contributed by atoms with Gasteiger partial charge in [0, 0.05) is 12.6 Å². The lowest BCUT2D eigenvalue weighted by Gasteiger charge is -2.33. The van der Waals surface area contributed by atoms with Crippen LogP contribution in [0.15, 0.2) is 0 Å². The fourth-order valence-electron chi connectivity index (χ4n) is 2.61. The number of piperidine rings is 1. The highest BCUT2D eigenvalue weighted by Crippen LogP contribution is 2.16. The molecule has 2 aliphatic heterocycles. The van der Waals surface area contributed by atoms with Gasteiger partial charge in [-0.1, -0.05) is 12.8 Å². The average molecular weight is 182 g/mol. The van der Waals surface area contributed by atoms with Crippen LogP contribution in [0.3, 0.4) is 0 Å². The highest BCUT2D eigenvalue weighted by Gasteiger charge is 2.20. The van der Waals surface area contributed by atoms with E-state index in [0.29, 0.717) is 0 Å². The van der Waals surface area contributed by atoms with Crippen molar-refractivity contribution in [3.63, 3.8) is 0 Å². The molecule has 0 unspecified atom stereocenters. The van der Waals surface area contributed by atoms with E-state index in [1.807, 2.05) is 0 Å². The Balaban J connectivity index is 1.82. The van der Waals surface area contributed by atoms with Gasteiger partial charge < -0.3 is 5.32 Å². The van der Waals surface area contributed by atoms with Gasteiger partial charge in [-0.3, -0.25) is 4.90 Å². The number of likely N-dealkylation sites (tertiary alicyclic amines) is 1. The van der Waals surface area contributed by atoms with Crippen LogP contribution in [0.5, 0.6) is 0 Å². The molecule has 0 amide bonds. The van der Waals surface area contributed by atoms with Gasteiger partial charge in [-0.2, -0.15) is 0 Å². The minimum Gasteiger partial charge on any atom is -0.315 e. The smallest absolute Gasteiger partial charge is 0.0221 e. The second kappa shape index (κ2) is 4.97. The molecule has 2 nitrogen and oxygen atoms in total. The van der Waals surface area contributed by atoms with E-state index in [1.54, 1.807) is 0 Å². The molecule has 0 spiro atoms. The molecule has 2 fully saturated rings. The molecule has 2 rings (SSSR count). The maximum atomic E-state index is 3.51.